The normalized spacial score (nSPS) is 10.3. The fourth-order valence-electron chi connectivity index (χ4n) is 1.42. The number of carboxylic acids is 1. The summed E-state index contributed by atoms with van der Waals surface area (Å²) in [4.78, 5) is 19.1. The lowest BCUT2D eigenvalue weighted by Crippen LogP contribution is -2.14. The van der Waals surface area contributed by atoms with Crippen molar-refractivity contribution >= 4 is 22.8 Å². The Morgan fingerprint density at radius 2 is 1.94 bits per heavy atom. The van der Waals surface area contributed by atoms with Crippen molar-refractivity contribution < 1.29 is 9.90 Å². The zero-order valence-corrected chi connectivity index (χ0v) is 8.77. The number of carboxylic acid groups (broad SMARTS) is 1. The molecule has 5 heteroatoms. The smallest absolute Gasteiger partial charge is 0.322 e. The lowest BCUT2D eigenvalue weighted by atomic mass is 10.3. The van der Waals surface area contributed by atoms with Crippen LogP contribution in [0.15, 0.2) is 24.3 Å². The number of anilines is 1. The molecule has 0 aliphatic heterocycles. The summed E-state index contributed by atoms with van der Waals surface area (Å²) < 4.78 is 0. The monoisotopic (exact) mass is 217 g/mol. The quantitative estimate of drug-likeness (QED) is 0.813. The van der Waals surface area contributed by atoms with Gasteiger partial charge in [0.25, 0.3) is 0 Å². The molecule has 0 amide bonds. The number of aryl methyl sites for hydroxylation is 1. The number of nitrogens with zero attached hydrogens (tertiary/aromatic N) is 2. The van der Waals surface area contributed by atoms with Gasteiger partial charge in [0.05, 0.1) is 16.7 Å². The fraction of sp³-hybridized carbons (Fsp3) is 0.182. The minimum absolute atomic E-state index is 0.159. The number of fused-ring (bicyclic) bond motifs is 1. The Morgan fingerprint density at radius 3 is 2.56 bits per heavy atom. The van der Waals surface area contributed by atoms with Crippen molar-refractivity contribution in [3.8, 4) is 0 Å². The van der Waals surface area contributed by atoms with Crippen LogP contribution in [0, 0.1) is 6.92 Å². The Hall–Kier alpha value is -2.17. The molecule has 0 unspecified atom stereocenters. The third kappa shape index (κ3) is 2.08. The topological polar surface area (TPSA) is 75.1 Å². The third-order valence-electron chi connectivity index (χ3n) is 2.15. The summed E-state index contributed by atoms with van der Waals surface area (Å²) >= 11 is 0. The van der Waals surface area contributed by atoms with Gasteiger partial charge in [-0.05, 0) is 19.1 Å². The van der Waals surface area contributed by atoms with Crippen LogP contribution in [0.1, 0.15) is 5.69 Å². The van der Waals surface area contributed by atoms with Crippen molar-refractivity contribution in [3.63, 3.8) is 0 Å². The van der Waals surface area contributed by atoms with Gasteiger partial charge >= 0.3 is 5.97 Å². The molecule has 2 aromatic rings. The summed E-state index contributed by atoms with van der Waals surface area (Å²) in [7, 11) is 0. The highest BCUT2D eigenvalue weighted by Gasteiger charge is 2.05. The van der Waals surface area contributed by atoms with Crippen molar-refractivity contribution in [1.29, 1.82) is 0 Å². The maximum absolute atomic E-state index is 10.4. The van der Waals surface area contributed by atoms with E-state index in [9.17, 15) is 4.79 Å². The van der Waals surface area contributed by atoms with Crippen molar-refractivity contribution in [2.75, 3.05) is 11.9 Å². The highest BCUT2D eigenvalue weighted by Crippen LogP contribution is 2.15. The van der Waals surface area contributed by atoms with Gasteiger partial charge in [-0.15, -0.1) is 0 Å². The van der Waals surface area contributed by atoms with Crippen LogP contribution in [-0.4, -0.2) is 27.6 Å². The first kappa shape index (κ1) is 10.4. The van der Waals surface area contributed by atoms with Crippen LogP contribution in [0.2, 0.25) is 0 Å². The Balaban J connectivity index is 2.38. The van der Waals surface area contributed by atoms with Gasteiger partial charge in [0.2, 0.25) is 0 Å². The van der Waals surface area contributed by atoms with E-state index in [2.05, 4.69) is 15.3 Å². The van der Waals surface area contributed by atoms with Crippen LogP contribution in [0.5, 0.6) is 0 Å². The Morgan fingerprint density at radius 1 is 1.31 bits per heavy atom. The van der Waals surface area contributed by atoms with Gasteiger partial charge in [-0.2, -0.15) is 0 Å². The van der Waals surface area contributed by atoms with E-state index in [4.69, 9.17) is 5.11 Å². The summed E-state index contributed by atoms with van der Waals surface area (Å²) in [6, 6.07) is 7.47. The van der Waals surface area contributed by atoms with Gasteiger partial charge in [0, 0.05) is 0 Å². The van der Waals surface area contributed by atoms with Crippen LogP contribution in [-0.2, 0) is 4.79 Å². The summed E-state index contributed by atoms with van der Waals surface area (Å²) in [6.07, 6.45) is 0. The molecule has 1 heterocycles. The summed E-state index contributed by atoms with van der Waals surface area (Å²) in [5, 5.41) is 11.3. The number of hydrogen-bond donors (Lipinski definition) is 2. The number of hydrogen-bond acceptors (Lipinski definition) is 4. The maximum atomic E-state index is 10.4. The first-order chi connectivity index (χ1) is 7.66. The zero-order valence-electron chi connectivity index (χ0n) is 8.77. The molecule has 16 heavy (non-hydrogen) atoms. The number of benzene rings is 1. The first-order valence-electron chi connectivity index (χ1n) is 4.86. The van der Waals surface area contributed by atoms with Gasteiger partial charge < -0.3 is 10.4 Å². The average molecular weight is 217 g/mol. The second-order valence-corrected chi connectivity index (χ2v) is 3.39. The van der Waals surface area contributed by atoms with E-state index in [-0.39, 0.29) is 6.54 Å². The van der Waals surface area contributed by atoms with Gasteiger partial charge in [-0.3, -0.25) is 4.79 Å². The average Bonchev–Trinajstić information content (AvgIpc) is 2.26. The number of carbonyl (C=O) groups is 1. The van der Waals surface area contributed by atoms with Crippen LogP contribution < -0.4 is 5.32 Å². The molecule has 0 spiro atoms. The van der Waals surface area contributed by atoms with Crippen molar-refractivity contribution in [3.05, 3.63) is 30.0 Å². The predicted molar refractivity (Wildman–Crippen MR) is 60.4 cm³/mol. The summed E-state index contributed by atoms with van der Waals surface area (Å²) in [6.45, 7) is 1.64. The van der Waals surface area contributed by atoms with E-state index in [1.54, 1.807) is 6.92 Å². The van der Waals surface area contributed by atoms with Crippen molar-refractivity contribution in [1.82, 2.24) is 9.97 Å². The molecule has 0 atom stereocenters. The fourth-order valence-corrected chi connectivity index (χ4v) is 1.42. The van der Waals surface area contributed by atoms with Gasteiger partial charge in [0.1, 0.15) is 12.4 Å². The summed E-state index contributed by atoms with van der Waals surface area (Å²) in [5.41, 5.74) is 2.25. The molecule has 0 bridgehead atoms. The molecular weight excluding hydrogens is 206 g/mol. The molecule has 0 radical (unpaired) electrons. The number of aromatic nitrogens is 2. The predicted octanol–water partition coefficient (Wildman–Crippen LogP) is 1.43. The number of rotatable bonds is 3. The van der Waals surface area contributed by atoms with Gasteiger partial charge in [0.15, 0.2) is 0 Å². The maximum Gasteiger partial charge on any atom is 0.322 e. The van der Waals surface area contributed by atoms with E-state index in [1.807, 2.05) is 24.3 Å². The lowest BCUT2D eigenvalue weighted by Gasteiger charge is -2.06. The Bertz CT molecular complexity index is 540. The molecule has 2 N–H and O–H groups in total. The molecule has 0 saturated heterocycles. The highest BCUT2D eigenvalue weighted by atomic mass is 16.4. The molecule has 1 aromatic heterocycles. The number of aliphatic carboxylic acids is 1. The van der Waals surface area contributed by atoms with Crippen LogP contribution >= 0.6 is 0 Å². The van der Waals surface area contributed by atoms with Gasteiger partial charge in [-0.25, -0.2) is 9.97 Å². The molecule has 5 nitrogen and oxygen atoms in total. The second-order valence-electron chi connectivity index (χ2n) is 3.39. The second kappa shape index (κ2) is 4.14. The van der Waals surface area contributed by atoms with E-state index >= 15 is 0 Å². The SMILES string of the molecule is Cc1nc2ccccc2nc1NCC(=O)O. The van der Waals surface area contributed by atoms with E-state index < -0.39 is 5.97 Å². The molecule has 0 saturated carbocycles. The van der Waals surface area contributed by atoms with Gasteiger partial charge in [-0.1, -0.05) is 12.1 Å². The van der Waals surface area contributed by atoms with Crippen molar-refractivity contribution in [2.45, 2.75) is 6.92 Å². The number of nitrogens with one attached hydrogen (secondary N) is 1. The minimum Gasteiger partial charge on any atom is -0.480 e. The lowest BCUT2D eigenvalue weighted by molar-refractivity contribution is -0.134. The Kier molecular flexibility index (Phi) is 2.68. The largest absolute Gasteiger partial charge is 0.480 e. The molecule has 0 aliphatic rings. The van der Waals surface area contributed by atoms with E-state index in [0.717, 1.165) is 11.0 Å². The van der Waals surface area contributed by atoms with Crippen LogP contribution in [0.25, 0.3) is 11.0 Å². The minimum atomic E-state index is -0.922. The first-order valence-corrected chi connectivity index (χ1v) is 4.86. The molecule has 0 fully saturated rings. The molecular formula is C11H11N3O2. The van der Waals surface area contributed by atoms with Crippen LogP contribution in [0.3, 0.4) is 0 Å². The standard InChI is InChI=1S/C11H11N3O2/c1-7-11(12-6-10(15)16)14-9-5-3-2-4-8(9)13-7/h2-5H,6H2,1H3,(H,12,14)(H,15,16). The zero-order chi connectivity index (χ0) is 11.5. The number of para-hydroxylation sites is 2. The molecule has 1 aromatic carbocycles. The molecule has 0 aliphatic carbocycles. The van der Waals surface area contributed by atoms with E-state index in [1.165, 1.54) is 0 Å². The molecule has 2 rings (SSSR count). The van der Waals surface area contributed by atoms with Crippen LogP contribution in [0.4, 0.5) is 5.82 Å². The highest BCUT2D eigenvalue weighted by molar-refractivity contribution is 5.77. The third-order valence-corrected chi connectivity index (χ3v) is 2.15. The van der Waals surface area contributed by atoms with Crippen molar-refractivity contribution in [2.24, 2.45) is 0 Å². The summed E-state index contributed by atoms with van der Waals surface area (Å²) in [5.74, 6) is -0.407. The van der Waals surface area contributed by atoms with E-state index in [0.29, 0.717) is 11.5 Å². The molecule has 82 valence electrons. The Labute approximate surface area is 92.2 Å².